The van der Waals surface area contributed by atoms with Crippen LogP contribution in [0.2, 0.25) is 0 Å². The highest BCUT2D eigenvalue weighted by Crippen LogP contribution is 2.32. The summed E-state index contributed by atoms with van der Waals surface area (Å²) in [5.41, 5.74) is 0. The number of hydrogen-bond acceptors (Lipinski definition) is 6. The lowest BCUT2D eigenvalue weighted by Crippen LogP contribution is -2.13. The van der Waals surface area contributed by atoms with Crippen LogP contribution in [0.5, 0.6) is 0 Å². The van der Waals surface area contributed by atoms with E-state index in [9.17, 15) is 9.90 Å². The predicted octanol–water partition coefficient (Wildman–Crippen LogP) is 0.625. The van der Waals surface area contributed by atoms with Crippen molar-refractivity contribution in [2.24, 2.45) is 0 Å². The van der Waals surface area contributed by atoms with Gasteiger partial charge in [-0.1, -0.05) is 11.8 Å². The van der Waals surface area contributed by atoms with Crippen LogP contribution in [0.3, 0.4) is 0 Å². The maximum atomic E-state index is 10.5. The van der Waals surface area contributed by atoms with Gasteiger partial charge in [0, 0.05) is 11.8 Å². The van der Waals surface area contributed by atoms with Crippen molar-refractivity contribution in [2.75, 3.05) is 17.3 Å². The van der Waals surface area contributed by atoms with Crippen molar-refractivity contribution in [3.63, 3.8) is 0 Å². The molecule has 2 rings (SSSR count). The van der Waals surface area contributed by atoms with E-state index in [4.69, 9.17) is 5.11 Å². The molecule has 1 aliphatic heterocycles. The Morgan fingerprint density at radius 2 is 2.41 bits per heavy atom. The van der Waals surface area contributed by atoms with Gasteiger partial charge >= 0.3 is 5.97 Å². The van der Waals surface area contributed by atoms with E-state index in [1.54, 1.807) is 0 Å². The quantitative estimate of drug-likeness (QED) is 0.762. The molecule has 6 nitrogen and oxygen atoms in total. The van der Waals surface area contributed by atoms with Gasteiger partial charge in [0.1, 0.15) is 6.61 Å². The summed E-state index contributed by atoms with van der Waals surface area (Å²) < 4.78 is 1.88. The molecule has 1 aliphatic rings. The first-order valence-electron chi connectivity index (χ1n) is 5.19. The van der Waals surface area contributed by atoms with Crippen LogP contribution in [0.4, 0.5) is 0 Å². The highest BCUT2D eigenvalue weighted by atomic mass is 32.2. The minimum absolute atomic E-state index is 0.0383. The lowest BCUT2D eigenvalue weighted by molar-refractivity contribution is -0.133. The first-order valence-corrected chi connectivity index (χ1v) is 7.33. The molecule has 0 saturated carbocycles. The highest BCUT2D eigenvalue weighted by Gasteiger charge is 2.24. The molecule has 0 aromatic carbocycles. The molecular formula is C9H13N3O3S2. The number of carboxylic acid groups (broad SMARTS) is 1. The van der Waals surface area contributed by atoms with Gasteiger partial charge < -0.3 is 14.8 Å². The fraction of sp³-hybridized carbons (Fsp3) is 0.667. The minimum Gasteiger partial charge on any atom is -0.481 e. The smallest absolute Gasteiger partial charge is 0.313 e. The van der Waals surface area contributed by atoms with E-state index in [1.807, 2.05) is 16.3 Å². The number of thioether (sulfide) groups is 2. The van der Waals surface area contributed by atoms with Crippen molar-refractivity contribution < 1.29 is 15.0 Å². The molecule has 1 aromatic heterocycles. The Kier molecular flexibility index (Phi) is 4.30. The molecule has 17 heavy (non-hydrogen) atoms. The Morgan fingerprint density at radius 1 is 1.59 bits per heavy atom. The van der Waals surface area contributed by atoms with Crippen molar-refractivity contribution in [1.29, 1.82) is 0 Å². The second kappa shape index (κ2) is 5.74. The third-order valence-corrected chi connectivity index (χ3v) is 4.54. The summed E-state index contributed by atoms with van der Waals surface area (Å²) in [5, 5.41) is 26.3. The van der Waals surface area contributed by atoms with E-state index in [0.717, 1.165) is 29.7 Å². The molecule has 1 saturated heterocycles. The zero-order chi connectivity index (χ0) is 12.3. The molecule has 1 unspecified atom stereocenters. The van der Waals surface area contributed by atoms with Gasteiger partial charge in [-0.3, -0.25) is 4.79 Å². The van der Waals surface area contributed by atoms with Gasteiger partial charge in [0.2, 0.25) is 0 Å². The Morgan fingerprint density at radius 3 is 3.00 bits per heavy atom. The summed E-state index contributed by atoms with van der Waals surface area (Å²) in [7, 11) is 0. The van der Waals surface area contributed by atoms with Gasteiger partial charge in [-0.15, -0.1) is 10.2 Å². The van der Waals surface area contributed by atoms with Crippen LogP contribution in [0.1, 0.15) is 18.3 Å². The maximum absolute atomic E-state index is 10.5. The van der Waals surface area contributed by atoms with Crippen LogP contribution >= 0.6 is 23.5 Å². The van der Waals surface area contributed by atoms with E-state index < -0.39 is 5.97 Å². The molecule has 0 bridgehead atoms. The van der Waals surface area contributed by atoms with Gasteiger partial charge in [0.25, 0.3) is 0 Å². The first-order chi connectivity index (χ1) is 8.22. The summed E-state index contributed by atoms with van der Waals surface area (Å²) >= 11 is 3.00. The number of nitrogens with zero attached hydrogens (tertiary/aromatic N) is 3. The zero-order valence-corrected chi connectivity index (χ0v) is 10.7. The van der Waals surface area contributed by atoms with Crippen molar-refractivity contribution in [3.05, 3.63) is 5.82 Å². The second-order valence-electron chi connectivity index (χ2n) is 3.63. The van der Waals surface area contributed by atoms with Gasteiger partial charge in [-0.05, 0) is 12.2 Å². The molecule has 8 heteroatoms. The third-order valence-electron chi connectivity index (χ3n) is 2.47. The molecule has 2 N–H and O–H groups in total. The molecule has 0 aliphatic carbocycles. The topological polar surface area (TPSA) is 88.2 Å². The van der Waals surface area contributed by atoms with E-state index in [1.165, 1.54) is 0 Å². The fourth-order valence-electron chi connectivity index (χ4n) is 1.73. The summed E-state index contributed by atoms with van der Waals surface area (Å²) in [6, 6.07) is 0.272. The highest BCUT2D eigenvalue weighted by molar-refractivity contribution is 8.00. The van der Waals surface area contributed by atoms with Crippen LogP contribution in [-0.2, 0) is 11.4 Å². The Hall–Kier alpha value is -0.730. The lowest BCUT2D eigenvalue weighted by atomic mass is 10.2. The average Bonchev–Trinajstić information content (AvgIpc) is 2.94. The van der Waals surface area contributed by atoms with Gasteiger partial charge in [-0.2, -0.15) is 11.8 Å². The molecule has 1 atom stereocenters. The predicted molar refractivity (Wildman–Crippen MR) is 65.3 cm³/mol. The average molecular weight is 275 g/mol. The summed E-state index contributed by atoms with van der Waals surface area (Å²) in [4.78, 5) is 10.5. The van der Waals surface area contributed by atoms with Crippen molar-refractivity contribution in [3.8, 4) is 0 Å². The normalized spacial score (nSPS) is 19.7. The molecule has 1 fully saturated rings. The Bertz CT molecular complexity index is 404. The SMILES string of the molecule is O=C(O)CSc1nnc(CO)n1C1CCSC1. The van der Waals surface area contributed by atoms with Crippen LogP contribution < -0.4 is 0 Å². The van der Waals surface area contributed by atoms with Crippen molar-refractivity contribution in [1.82, 2.24) is 14.8 Å². The molecule has 94 valence electrons. The number of aliphatic hydroxyl groups excluding tert-OH is 1. The summed E-state index contributed by atoms with van der Waals surface area (Å²) in [5.74, 6) is 1.65. The van der Waals surface area contributed by atoms with E-state index in [-0.39, 0.29) is 18.4 Å². The minimum atomic E-state index is -0.879. The maximum Gasteiger partial charge on any atom is 0.313 e. The van der Waals surface area contributed by atoms with Crippen molar-refractivity contribution in [2.45, 2.75) is 24.2 Å². The van der Waals surface area contributed by atoms with E-state index in [0.29, 0.717) is 11.0 Å². The van der Waals surface area contributed by atoms with Gasteiger partial charge in [0.15, 0.2) is 11.0 Å². The van der Waals surface area contributed by atoms with E-state index in [2.05, 4.69) is 10.2 Å². The van der Waals surface area contributed by atoms with Gasteiger partial charge in [0.05, 0.1) is 5.75 Å². The van der Waals surface area contributed by atoms with Crippen LogP contribution in [-0.4, -0.2) is 48.2 Å². The largest absolute Gasteiger partial charge is 0.481 e. The standard InChI is InChI=1S/C9H13N3O3S2/c13-3-7-10-11-9(17-5-8(14)15)12(7)6-1-2-16-4-6/h6,13H,1-5H2,(H,14,15). The molecule has 0 spiro atoms. The summed E-state index contributed by atoms with van der Waals surface area (Å²) in [6.45, 7) is -0.165. The molecule has 2 heterocycles. The number of hydrogen-bond donors (Lipinski definition) is 2. The van der Waals surface area contributed by atoms with Crippen LogP contribution in [0.25, 0.3) is 0 Å². The first kappa shape index (κ1) is 12.7. The number of carbonyl (C=O) groups is 1. The number of carboxylic acids is 1. The number of rotatable bonds is 5. The number of aliphatic carboxylic acids is 1. The van der Waals surface area contributed by atoms with Crippen molar-refractivity contribution >= 4 is 29.5 Å². The van der Waals surface area contributed by atoms with Gasteiger partial charge in [-0.25, -0.2) is 0 Å². The van der Waals surface area contributed by atoms with E-state index >= 15 is 0 Å². The second-order valence-corrected chi connectivity index (χ2v) is 5.72. The van der Waals surface area contributed by atoms with Crippen LogP contribution in [0, 0.1) is 0 Å². The number of aliphatic hydroxyl groups is 1. The molecule has 0 radical (unpaired) electrons. The summed E-state index contributed by atoms with van der Waals surface area (Å²) in [6.07, 6.45) is 1.01. The fourth-order valence-corrected chi connectivity index (χ4v) is 3.67. The Balaban J connectivity index is 2.19. The molecular weight excluding hydrogens is 262 g/mol. The lowest BCUT2D eigenvalue weighted by Gasteiger charge is -2.14. The third kappa shape index (κ3) is 2.93. The monoisotopic (exact) mass is 275 g/mol. The molecule has 1 aromatic rings. The number of aromatic nitrogens is 3. The molecule has 0 amide bonds. The Labute approximate surface area is 107 Å². The van der Waals surface area contributed by atoms with Crippen LogP contribution in [0.15, 0.2) is 5.16 Å². The zero-order valence-electron chi connectivity index (χ0n) is 9.07.